The number of aromatic nitrogens is 2. The van der Waals surface area contributed by atoms with Gasteiger partial charge in [-0.25, -0.2) is 9.78 Å². The standard InChI is InChI=1S/C18H17FN2O4S2/c1-4-23-18(22)12-7-10-8-13(15(19)17(25-27-3)16(10)21-12)24-11-5-6-14(26-2)20-9-11/h5-9,21H,4H2,1-3H3. The molecule has 0 amide bonds. The molecule has 2 heterocycles. The molecule has 2 aromatic heterocycles. The smallest absolute Gasteiger partial charge is 0.354 e. The van der Waals surface area contributed by atoms with E-state index in [-0.39, 0.29) is 23.8 Å². The number of aromatic amines is 1. The number of halogens is 1. The molecule has 142 valence electrons. The van der Waals surface area contributed by atoms with Crippen LogP contribution in [-0.4, -0.2) is 35.1 Å². The molecule has 0 radical (unpaired) electrons. The fourth-order valence-electron chi connectivity index (χ4n) is 2.43. The van der Waals surface area contributed by atoms with E-state index in [9.17, 15) is 9.18 Å². The van der Waals surface area contributed by atoms with Crippen LogP contribution in [0, 0.1) is 5.82 Å². The molecule has 3 rings (SSSR count). The minimum Gasteiger partial charge on any atom is -0.461 e. The van der Waals surface area contributed by atoms with Gasteiger partial charge in [0, 0.05) is 11.6 Å². The van der Waals surface area contributed by atoms with E-state index < -0.39 is 11.8 Å². The summed E-state index contributed by atoms with van der Waals surface area (Å²) in [6, 6.07) is 6.56. The van der Waals surface area contributed by atoms with Crippen molar-refractivity contribution < 1.29 is 22.8 Å². The quantitative estimate of drug-likeness (QED) is 0.333. The number of ether oxygens (including phenoxy) is 2. The van der Waals surface area contributed by atoms with Crippen molar-refractivity contribution in [3.63, 3.8) is 0 Å². The van der Waals surface area contributed by atoms with Crippen LogP contribution in [0.25, 0.3) is 10.9 Å². The number of thioether (sulfide) groups is 1. The van der Waals surface area contributed by atoms with Crippen LogP contribution in [0.5, 0.6) is 17.2 Å². The Hall–Kier alpha value is -2.39. The van der Waals surface area contributed by atoms with Gasteiger partial charge < -0.3 is 18.6 Å². The lowest BCUT2D eigenvalue weighted by Crippen LogP contribution is -2.04. The molecule has 27 heavy (non-hydrogen) atoms. The van der Waals surface area contributed by atoms with E-state index >= 15 is 0 Å². The molecule has 0 bridgehead atoms. The highest BCUT2D eigenvalue weighted by Gasteiger charge is 2.21. The molecule has 0 aliphatic heterocycles. The number of nitrogens with one attached hydrogen (secondary N) is 1. The Morgan fingerprint density at radius 1 is 1.30 bits per heavy atom. The van der Waals surface area contributed by atoms with Gasteiger partial charge in [0.2, 0.25) is 11.6 Å². The first kappa shape index (κ1) is 19.4. The third kappa shape index (κ3) is 4.14. The van der Waals surface area contributed by atoms with E-state index in [1.165, 1.54) is 24.0 Å². The van der Waals surface area contributed by atoms with Gasteiger partial charge in [-0.1, -0.05) is 0 Å². The predicted octanol–water partition coefficient (Wildman–Crippen LogP) is 5.05. The summed E-state index contributed by atoms with van der Waals surface area (Å²) in [7, 11) is 0. The number of hydrogen-bond donors (Lipinski definition) is 1. The third-order valence-electron chi connectivity index (χ3n) is 3.59. The van der Waals surface area contributed by atoms with Gasteiger partial charge in [0.1, 0.15) is 11.4 Å². The second kappa shape index (κ2) is 8.53. The van der Waals surface area contributed by atoms with Crippen molar-refractivity contribution in [2.75, 3.05) is 19.1 Å². The number of nitrogens with zero attached hydrogens (tertiary/aromatic N) is 1. The van der Waals surface area contributed by atoms with Crippen molar-refractivity contribution in [3.05, 3.63) is 42.0 Å². The number of esters is 1. The van der Waals surface area contributed by atoms with Gasteiger partial charge in [-0.15, -0.1) is 11.8 Å². The van der Waals surface area contributed by atoms with Crippen LogP contribution in [0.15, 0.2) is 35.5 Å². The first-order chi connectivity index (χ1) is 13.1. The van der Waals surface area contributed by atoms with Crippen molar-refractivity contribution in [3.8, 4) is 17.2 Å². The minimum absolute atomic E-state index is 0.0281. The van der Waals surface area contributed by atoms with Crippen LogP contribution in [-0.2, 0) is 4.74 Å². The van der Waals surface area contributed by atoms with E-state index in [4.69, 9.17) is 13.7 Å². The Kier molecular flexibility index (Phi) is 6.12. The van der Waals surface area contributed by atoms with Crippen LogP contribution in [0.4, 0.5) is 4.39 Å². The Morgan fingerprint density at radius 3 is 2.74 bits per heavy atom. The molecule has 0 atom stereocenters. The van der Waals surface area contributed by atoms with Gasteiger partial charge in [-0.05, 0) is 37.4 Å². The molecule has 1 aromatic carbocycles. The molecular formula is C18H17FN2O4S2. The molecule has 1 N–H and O–H groups in total. The van der Waals surface area contributed by atoms with Crippen molar-refractivity contribution >= 4 is 40.7 Å². The van der Waals surface area contributed by atoms with Gasteiger partial charge in [0.25, 0.3) is 0 Å². The average Bonchev–Trinajstić information content (AvgIpc) is 3.10. The van der Waals surface area contributed by atoms with Gasteiger partial charge >= 0.3 is 5.97 Å². The van der Waals surface area contributed by atoms with Crippen molar-refractivity contribution in [2.24, 2.45) is 0 Å². The Balaban J connectivity index is 2.03. The fourth-order valence-corrected chi connectivity index (χ4v) is 3.11. The maximum Gasteiger partial charge on any atom is 0.354 e. The Bertz CT molecular complexity index is 960. The van der Waals surface area contributed by atoms with Crippen LogP contribution < -0.4 is 8.92 Å². The van der Waals surface area contributed by atoms with E-state index in [0.717, 1.165) is 17.1 Å². The fraction of sp³-hybridized carbons (Fsp3) is 0.222. The van der Waals surface area contributed by atoms with E-state index in [2.05, 4.69) is 9.97 Å². The summed E-state index contributed by atoms with van der Waals surface area (Å²) in [4.78, 5) is 19.0. The molecule has 0 saturated carbocycles. The molecule has 0 saturated heterocycles. The Morgan fingerprint density at radius 2 is 2.11 bits per heavy atom. The van der Waals surface area contributed by atoms with Gasteiger partial charge in [0.15, 0.2) is 5.75 Å². The van der Waals surface area contributed by atoms with Gasteiger partial charge in [-0.2, -0.15) is 4.39 Å². The van der Waals surface area contributed by atoms with Crippen LogP contribution >= 0.6 is 23.8 Å². The number of H-pyrrole nitrogens is 1. The summed E-state index contributed by atoms with van der Waals surface area (Å²) in [5.41, 5.74) is 0.563. The normalized spacial score (nSPS) is 10.8. The van der Waals surface area contributed by atoms with Gasteiger partial charge in [0.05, 0.1) is 35.4 Å². The molecule has 0 aliphatic rings. The topological polar surface area (TPSA) is 73.4 Å². The minimum atomic E-state index is -0.678. The molecule has 0 aliphatic carbocycles. The highest BCUT2D eigenvalue weighted by molar-refractivity contribution is 7.98. The number of rotatable bonds is 7. The number of carbonyl (C=O) groups excluding carboxylic acids is 1. The summed E-state index contributed by atoms with van der Waals surface area (Å²) in [6.07, 6.45) is 5.10. The van der Waals surface area contributed by atoms with E-state index in [1.54, 1.807) is 31.4 Å². The zero-order chi connectivity index (χ0) is 19.4. The molecule has 0 spiro atoms. The largest absolute Gasteiger partial charge is 0.461 e. The van der Waals surface area contributed by atoms with Crippen LogP contribution in [0.2, 0.25) is 0 Å². The molecule has 9 heteroatoms. The van der Waals surface area contributed by atoms with E-state index in [1.807, 2.05) is 6.26 Å². The molecule has 0 fully saturated rings. The molecule has 3 aromatic rings. The first-order valence-electron chi connectivity index (χ1n) is 7.98. The maximum absolute atomic E-state index is 15.0. The summed E-state index contributed by atoms with van der Waals surface area (Å²) < 4.78 is 31.0. The predicted molar refractivity (Wildman–Crippen MR) is 104 cm³/mol. The molecule has 0 unspecified atom stereocenters. The van der Waals surface area contributed by atoms with Crippen LogP contribution in [0.1, 0.15) is 17.4 Å². The lowest BCUT2D eigenvalue weighted by Gasteiger charge is -2.11. The average molecular weight is 408 g/mol. The third-order valence-corrected chi connectivity index (χ3v) is 4.58. The summed E-state index contributed by atoms with van der Waals surface area (Å²) in [5.74, 6) is -0.882. The second-order valence-corrected chi connectivity index (χ2v) is 6.60. The maximum atomic E-state index is 15.0. The molecule has 6 nitrogen and oxygen atoms in total. The number of fused-ring (bicyclic) bond motifs is 1. The Labute approximate surface area is 164 Å². The zero-order valence-corrected chi connectivity index (χ0v) is 16.5. The van der Waals surface area contributed by atoms with E-state index in [0.29, 0.717) is 16.7 Å². The van der Waals surface area contributed by atoms with Crippen LogP contribution in [0.3, 0.4) is 0 Å². The lowest BCUT2D eigenvalue weighted by molar-refractivity contribution is 0.0520. The monoisotopic (exact) mass is 408 g/mol. The number of benzene rings is 1. The van der Waals surface area contributed by atoms with Crippen molar-refractivity contribution in [1.29, 1.82) is 0 Å². The number of hydrogen-bond acceptors (Lipinski definition) is 7. The summed E-state index contributed by atoms with van der Waals surface area (Å²) >= 11 is 2.48. The first-order valence-corrected chi connectivity index (χ1v) is 10.4. The van der Waals surface area contributed by atoms with Crippen molar-refractivity contribution in [2.45, 2.75) is 11.9 Å². The van der Waals surface area contributed by atoms with Gasteiger partial charge in [-0.3, -0.25) is 0 Å². The lowest BCUT2D eigenvalue weighted by atomic mass is 10.2. The zero-order valence-electron chi connectivity index (χ0n) is 14.9. The second-order valence-electron chi connectivity index (χ2n) is 5.27. The number of carbonyl (C=O) groups is 1. The number of pyridine rings is 1. The summed E-state index contributed by atoms with van der Waals surface area (Å²) in [5, 5.41) is 1.39. The summed E-state index contributed by atoms with van der Waals surface area (Å²) in [6.45, 7) is 1.95. The SMILES string of the molecule is CCOC(=O)c1cc2cc(Oc3ccc(SC)nc3)c(F)c(OSC)c2[nH]1. The highest BCUT2D eigenvalue weighted by Crippen LogP contribution is 2.39. The highest BCUT2D eigenvalue weighted by atomic mass is 32.2. The van der Waals surface area contributed by atoms with Crippen molar-refractivity contribution in [1.82, 2.24) is 9.97 Å². The molecular weight excluding hydrogens is 391 g/mol.